The van der Waals surface area contributed by atoms with E-state index in [0.29, 0.717) is 0 Å². The quantitative estimate of drug-likeness (QED) is 0.118. The number of nitrogens with zero attached hydrogens (tertiary/aromatic N) is 6. The molecule has 5 heterocycles. The number of para-hydroxylation sites is 2. The Hall–Kier alpha value is -11.2. The molecule has 1 N–H and O–H groups in total. The minimum atomic E-state index is -0.489. The van der Waals surface area contributed by atoms with Crippen LogP contribution in [-0.4, -0.2) is 5.71 Å². The van der Waals surface area contributed by atoms with Gasteiger partial charge in [-0.1, -0.05) is 274 Å². The second-order valence-electron chi connectivity index (χ2n) is 28.7. The van der Waals surface area contributed by atoms with Crippen molar-refractivity contribution in [2.24, 2.45) is 25.1 Å². The summed E-state index contributed by atoms with van der Waals surface area (Å²) in [6.45, 7) is 19.0. The van der Waals surface area contributed by atoms with Crippen LogP contribution in [0.4, 0.5) is 28.4 Å². The molecular weight excluding hydrogens is 1190 g/mol. The molecule has 0 aliphatic carbocycles. The summed E-state index contributed by atoms with van der Waals surface area (Å²) >= 11 is 0. The predicted molar refractivity (Wildman–Crippen MR) is 403 cm³/mol. The van der Waals surface area contributed by atoms with Crippen molar-refractivity contribution >= 4 is 45.4 Å². The van der Waals surface area contributed by atoms with E-state index in [0.717, 1.165) is 204 Å². The van der Waals surface area contributed by atoms with Crippen LogP contribution in [-0.2, 0) is 23.7 Å². The second-order valence-corrected chi connectivity index (χ2v) is 28.7. The van der Waals surface area contributed by atoms with Gasteiger partial charge in [0.2, 0.25) is 0 Å². The zero-order valence-electron chi connectivity index (χ0n) is 57.0. The molecule has 0 spiro atoms. The smallest absolute Gasteiger partial charge is 0.103 e. The zero-order valence-corrected chi connectivity index (χ0v) is 57.0. The lowest BCUT2D eigenvalue weighted by Gasteiger charge is -2.40. The van der Waals surface area contributed by atoms with Crippen molar-refractivity contribution in [3.8, 4) is 66.8 Å². The molecule has 0 saturated heterocycles. The molecule has 98 heavy (non-hydrogen) atoms. The molecule has 0 saturated carbocycles. The molecule has 5 aliphatic heterocycles. The molecule has 12 aromatic rings. The minimum absolute atomic E-state index is 0.413. The van der Waals surface area contributed by atoms with Gasteiger partial charge in [0.25, 0.3) is 0 Å². The minimum Gasteiger partial charge on any atom is -0.247 e. The van der Waals surface area contributed by atoms with Crippen LogP contribution in [0.25, 0.3) is 78.0 Å². The van der Waals surface area contributed by atoms with Crippen molar-refractivity contribution in [1.82, 2.24) is 5.53 Å². The Kier molecular flexibility index (Phi) is 14.8. The summed E-state index contributed by atoms with van der Waals surface area (Å²) in [6.07, 6.45) is 5.70. The van der Waals surface area contributed by atoms with Crippen LogP contribution < -0.4 is 32.0 Å². The first kappa shape index (κ1) is 60.5. The Balaban J connectivity index is 1.08. The summed E-state index contributed by atoms with van der Waals surface area (Å²) in [6, 6.07) is 88.3. The number of rotatable bonds is 14. The van der Waals surface area contributed by atoms with E-state index in [-0.39, 0.29) is 0 Å². The van der Waals surface area contributed by atoms with Crippen molar-refractivity contribution in [2.45, 2.75) is 105 Å². The lowest BCUT2D eigenvalue weighted by molar-refractivity contribution is 0.531. The van der Waals surface area contributed by atoms with Crippen LogP contribution in [0, 0.1) is 20.9 Å². The lowest BCUT2D eigenvalue weighted by Crippen LogP contribution is -2.41. The number of allylic oxidation sites excluding steroid dienone is 1. The van der Waals surface area contributed by atoms with Crippen LogP contribution in [0.2, 0.25) is 0 Å². The molecule has 17 rings (SSSR count). The Bertz CT molecular complexity index is 5860. The van der Waals surface area contributed by atoms with Gasteiger partial charge in [-0.3, -0.25) is 0 Å². The fourth-order valence-corrected chi connectivity index (χ4v) is 16.3. The molecule has 7 nitrogen and oxygen atoms in total. The highest BCUT2D eigenvalue weighted by Gasteiger charge is 2.44. The maximum absolute atomic E-state index is 6.28. The fourth-order valence-electron chi connectivity index (χ4n) is 16.3. The number of benzene rings is 12. The Morgan fingerprint density at radius 3 is 1.29 bits per heavy atom. The highest BCUT2D eigenvalue weighted by Crippen LogP contribution is 2.59. The first-order valence-corrected chi connectivity index (χ1v) is 35.1. The summed E-state index contributed by atoms with van der Waals surface area (Å²) in [5.74, 6) is 0. The van der Waals surface area contributed by atoms with E-state index in [1.807, 2.05) is 0 Å². The van der Waals surface area contributed by atoms with E-state index in [1.54, 1.807) is 0 Å². The summed E-state index contributed by atoms with van der Waals surface area (Å²) in [5, 5.41) is 16.9. The number of unbranched alkanes of at least 4 members (excludes halogenated alkanes) is 2. The molecule has 0 atom stereocenters. The van der Waals surface area contributed by atoms with Gasteiger partial charge in [-0.2, -0.15) is 5.10 Å². The maximum Gasteiger partial charge on any atom is 0.103 e. The summed E-state index contributed by atoms with van der Waals surface area (Å²) < 4.78 is 0. The molecule has 7 heteroatoms. The second kappa shape index (κ2) is 23.9. The number of hydrazine groups is 1. The van der Waals surface area contributed by atoms with Crippen LogP contribution in [0.5, 0.6) is 0 Å². The van der Waals surface area contributed by atoms with Crippen molar-refractivity contribution < 1.29 is 0 Å². The van der Waals surface area contributed by atoms with Crippen molar-refractivity contribution in [2.75, 3.05) is 5.01 Å². The molecule has 0 amide bonds. The number of hydrogen-bond donors (Lipinski definition) is 1. The lowest BCUT2D eigenvalue weighted by atomic mass is 9.66. The Morgan fingerprint density at radius 2 is 0.745 bits per heavy atom. The average molecular weight is 1270 g/mol. The standard InChI is InChI=1S/C91H77N7/c1-9-11-41-65-68(42-12-10-2)89(80-77-72(94-85(80)73(65)56-35-19-14-20-36-56)54-52-67-63-47-30-32-50-70(63)93-84(67)77)98-88(58-39-23-16-24-40-58)75(64-48-28-27-45-61(64)60-44-26-25-43-59(60)55-33-17-13-18-34-55)87(96-97-98)79-78-76-71(53-51-66-62-46-29-31-49-69(62)92-83(66)76)95-86(78)74(57-37-21-15-22-38-57)81(90(3,4)5)82(79)91(6,7)8/h13-40,43-54,97H,9-12,41-42H2,1-8H3. The van der Waals surface area contributed by atoms with Gasteiger partial charge in [0, 0.05) is 71.0 Å². The van der Waals surface area contributed by atoms with Gasteiger partial charge in [0.05, 0.1) is 55.6 Å². The van der Waals surface area contributed by atoms with E-state index < -0.39 is 10.8 Å². The topological polar surface area (TPSA) is 77.1 Å². The van der Waals surface area contributed by atoms with Crippen LogP contribution >= 0.6 is 0 Å². The average Bonchev–Trinajstić information content (AvgIpc) is 1.40. The summed E-state index contributed by atoms with van der Waals surface area (Å²) in [4.78, 5) is 23.2. The van der Waals surface area contributed by atoms with Crippen molar-refractivity contribution in [3.05, 3.63) is 324 Å². The van der Waals surface area contributed by atoms with Gasteiger partial charge in [0.15, 0.2) is 0 Å². The van der Waals surface area contributed by atoms with Crippen LogP contribution in [0.15, 0.2) is 268 Å². The van der Waals surface area contributed by atoms with E-state index in [1.165, 1.54) is 27.8 Å². The van der Waals surface area contributed by atoms with Gasteiger partial charge in [-0.05, 0) is 134 Å². The Morgan fingerprint density at radius 1 is 0.327 bits per heavy atom. The monoisotopic (exact) mass is 1270 g/mol. The normalized spacial score (nSPS) is 13.6. The molecule has 12 aromatic carbocycles. The molecule has 0 unspecified atom stereocenters. The van der Waals surface area contributed by atoms with Gasteiger partial charge < -0.3 is 0 Å². The fraction of sp³-hybridized carbons (Fsp3) is 0.176. The number of hydrazone groups is 1. The highest BCUT2D eigenvalue weighted by atomic mass is 15.7. The van der Waals surface area contributed by atoms with Crippen molar-refractivity contribution in [3.63, 3.8) is 0 Å². The highest BCUT2D eigenvalue weighted by molar-refractivity contribution is 6.42. The van der Waals surface area contributed by atoms with Crippen molar-refractivity contribution in [1.29, 1.82) is 0 Å². The Labute approximate surface area is 573 Å². The summed E-state index contributed by atoms with van der Waals surface area (Å²) in [7, 11) is 0. The molecule has 0 aromatic heterocycles. The van der Waals surface area contributed by atoms with Gasteiger partial charge >= 0.3 is 0 Å². The largest absolute Gasteiger partial charge is 0.247 e. The molecular formula is C91H77N7. The molecule has 0 fully saturated rings. The van der Waals surface area contributed by atoms with Gasteiger partial charge in [-0.25, -0.2) is 30.5 Å². The summed E-state index contributed by atoms with van der Waals surface area (Å²) in [5.41, 5.74) is 32.3. The number of nitrogens with one attached hydrogen (secondary N) is 1. The SMILES string of the molecule is CCCCc1c(CCCC)c(N2NN=C(c3c4c(c(-c5ccccc5)c(C(C)(C)C)c3C(C)(C)C)N=c3ccc5c(c3-4)N=c3ccccc3=5)C(c3ccccc3-c3ccccc3-c3ccccc3)=C2c2ccccc2)c2c(c1-c1ccccc1)N=c1ccc3c(c1-2)N=c1ccccc1=3. The number of anilines is 1. The molecule has 5 aliphatic rings. The first-order valence-electron chi connectivity index (χ1n) is 35.1. The molecule has 0 radical (unpaired) electrons. The molecule has 476 valence electrons. The van der Waals surface area contributed by atoms with E-state index in [9.17, 15) is 0 Å². The third kappa shape index (κ3) is 9.71. The first-order chi connectivity index (χ1) is 47.9. The van der Waals surface area contributed by atoms with Gasteiger partial charge in [-0.15, -0.1) is 0 Å². The molecule has 0 bridgehead atoms. The van der Waals surface area contributed by atoms with Gasteiger partial charge in [0.1, 0.15) is 5.71 Å². The number of fused-ring (bicyclic) bond motifs is 12. The van der Waals surface area contributed by atoms with E-state index >= 15 is 0 Å². The zero-order chi connectivity index (χ0) is 66.6. The third-order valence-electron chi connectivity index (χ3n) is 20.4. The van der Waals surface area contributed by atoms with Crippen LogP contribution in [0.1, 0.15) is 120 Å². The third-order valence-corrected chi connectivity index (χ3v) is 20.4. The maximum atomic E-state index is 6.28. The van der Waals surface area contributed by atoms with Crippen LogP contribution in [0.3, 0.4) is 0 Å². The number of hydrogen-bond acceptors (Lipinski definition) is 7. The van der Waals surface area contributed by atoms with E-state index in [4.69, 9.17) is 25.1 Å². The van der Waals surface area contributed by atoms with E-state index in [2.05, 4.69) is 309 Å². The predicted octanol–water partition coefficient (Wildman–Crippen LogP) is 20.9.